The van der Waals surface area contributed by atoms with Crippen LogP contribution in [-0.2, 0) is 14.4 Å². The van der Waals surface area contributed by atoms with Crippen LogP contribution in [0.2, 0.25) is 0 Å². The fourth-order valence-corrected chi connectivity index (χ4v) is 6.65. The second-order valence-corrected chi connectivity index (χ2v) is 11.7. The molecule has 0 bridgehead atoms. The smallest absolute Gasteiger partial charge is 0.251 e. The normalized spacial score (nSPS) is 24.7. The monoisotopic (exact) mass is 523 g/mol. The fraction of sp³-hybridized carbons (Fsp3) is 0.655. The lowest BCUT2D eigenvalue weighted by molar-refractivity contribution is -0.138. The van der Waals surface area contributed by atoms with Gasteiger partial charge < -0.3 is 25.3 Å². The number of carbonyl (C=O) groups excluding carboxylic acids is 4. The lowest BCUT2D eigenvalue weighted by Crippen LogP contribution is -2.53. The quantitative estimate of drug-likeness (QED) is 0.565. The molecule has 3 saturated heterocycles. The third-order valence-corrected chi connectivity index (χ3v) is 8.62. The summed E-state index contributed by atoms with van der Waals surface area (Å²) in [5.74, 6) is -0.308. The number of ketones is 1. The molecular weight excluding hydrogens is 482 g/mol. The van der Waals surface area contributed by atoms with Crippen molar-refractivity contribution >= 4 is 29.2 Å². The molecule has 3 amide bonds. The Kier molecular flexibility index (Phi) is 8.02. The van der Waals surface area contributed by atoms with Crippen LogP contribution in [0.5, 0.6) is 0 Å². The van der Waals surface area contributed by atoms with E-state index >= 15 is 0 Å². The van der Waals surface area contributed by atoms with Gasteiger partial charge in [0.15, 0.2) is 5.78 Å². The first-order valence-electron chi connectivity index (χ1n) is 14.3. The summed E-state index contributed by atoms with van der Waals surface area (Å²) in [5.41, 5.74) is 1.59. The minimum atomic E-state index is -0.721. The van der Waals surface area contributed by atoms with Crippen molar-refractivity contribution < 1.29 is 19.2 Å². The Labute approximate surface area is 225 Å². The van der Waals surface area contributed by atoms with Crippen LogP contribution in [-0.4, -0.2) is 90.7 Å². The molecule has 3 atom stereocenters. The summed E-state index contributed by atoms with van der Waals surface area (Å²) in [7, 11) is 0. The van der Waals surface area contributed by atoms with Gasteiger partial charge in [0, 0.05) is 49.9 Å². The molecule has 1 saturated carbocycles. The Morgan fingerprint density at radius 2 is 1.66 bits per heavy atom. The number of Topliss-reactive ketones (excluding diaryl/α,β-unsaturated/α-hetero) is 1. The number of amides is 3. The van der Waals surface area contributed by atoms with Gasteiger partial charge in [-0.15, -0.1) is 0 Å². The Morgan fingerprint density at radius 1 is 0.974 bits per heavy atom. The van der Waals surface area contributed by atoms with Crippen molar-refractivity contribution in [2.75, 3.05) is 44.2 Å². The number of nitrogens with one attached hydrogen (secondary N) is 2. The molecule has 3 aliphatic heterocycles. The Balaban J connectivity index is 1.26. The Morgan fingerprint density at radius 3 is 2.32 bits per heavy atom. The molecule has 4 fully saturated rings. The van der Waals surface area contributed by atoms with Gasteiger partial charge in [0.2, 0.25) is 11.8 Å². The van der Waals surface area contributed by atoms with Crippen molar-refractivity contribution in [3.05, 3.63) is 29.8 Å². The third kappa shape index (κ3) is 5.44. The number of benzene rings is 1. The summed E-state index contributed by atoms with van der Waals surface area (Å²) in [4.78, 5) is 58.8. The molecule has 9 heteroatoms. The molecule has 3 unspecified atom stereocenters. The SMILES string of the molecule is CC(C)CC(NC(=O)c1ccc(N2CCNCC2)cc1)C(=O)N1CCC2C1C(=O)CN2C(=O)C1CCCC1. The number of hydrogen-bond acceptors (Lipinski definition) is 6. The van der Waals surface area contributed by atoms with E-state index in [9.17, 15) is 19.2 Å². The highest BCUT2D eigenvalue weighted by Gasteiger charge is 2.53. The average molecular weight is 524 g/mol. The van der Waals surface area contributed by atoms with Gasteiger partial charge in [0.05, 0.1) is 12.6 Å². The van der Waals surface area contributed by atoms with Crippen LogP contribution < -0.4 is 15.5 Å². The van der Waals surface area contributed by atoms with Crippen molar-refractivity contribution in [2.24, 2.45) is 11.8 Å². The van der Waals surface area contributed by atoms with Gasteiger partial charge in [-0.2, -0.15) is 0 Å². The molecule has 1 aromatic carbocycles. The largest absolute Gasteiger partial charge is 0.369 e. The average Bonchev–Trinajstić information content (AvgIpc) is 3.67. The zero-order valence-electron chi connectivity index (χ0n) is 22.7. The van der Waals surface area contributed by atoms with E-state index in [0.717, 1.165) is 57.5 Å². The van der Waals surface area contributed by atoms with E-state index in [1.807, 2.05) is 38.1 Å². The molecule has 2 N–H and O–H groups in total. The number of hydrogen-bond donors (Lipinski definition) is 2. The van der Waals surface area contributed by atoms with Crippen LogP contribution in [0.1, 0.15) is 62.7 Å². The Bertz CT molecular complexity index is 1050. The summed E-state index contributed by atoms with van der Waals surface area (Å²) < 4.78 is 0. The first-order valence-corrected chi connectivity index (χ1v) is 14.3. The molecule has 0 radical (unpaired) electrons. The number of fused-ring (bicyclic) bond motifs is 1. The predicted molar refractivity (Wildman–Crippen MR) is 145 cm³/mol. The van der Waals surface area contributed by atoms with Crippen LogP contribution >= 0.6 is 0 Å². The summed E-state index contributed by atoms with van der Waals surface area (Å²) in [5, 5.41) is 6.31. The van der Waals surface area contributed by atoms with E-state index < -0.39 is 12.1 Å². The van der Waals surface area contributed by atoms with Gasteiger partial charge in [-0.25, -0.2) is 0 Å². The maximum absolute atomic E-state index is 13.8. The fourth-order valence-electron chi connectivity index (χ4n) is 6.65. The van der Waals surface area contributed by atoms with E-state index in [1.165, 1.54) is 0 Å². The molecule has 1 aromatic rings. The first-order chi connectivity index (χ1) is 18.3. The number of likely N-dealkylation sites (tertiary alicyclic amines) is 2. The lowest BCUT2D eigenvalue weighted by Gasteiger charge is -2.30. The number of nitrogens with zero attached hydrogens (tertiary/aromatic N) is 3. The van der Waals surface area contributed by atoms with Gasteiger partial charge in [-0.3, -0.25) is 19.2 Å². The summed E-state index contributed by atoms with van der Waals surface area (Å²) in [6.45, 7) is 8.29. The van der Waals surface area contributed by atoms with Crippen molar-refractivity contribution in [2.45, 2.75) is 70.5 Å². The Hall–Kier alpha value is -2.94. The summed E-state index contributed by atoms with van der Waals surface area (Å²) in [6, 6.07) is 5.96. The van der Waals surface area contributed by atoms with Crippen molar-refractivity contribution in [3.63, 3.8) is 0 Å². The minimum Gasteiger partial charge on any atom is -0.369 e. The van der Waals surface area contributed by atoms with Crippen molar-refractivity contribution in [1.29, 1.82) is 0 Å². The molecule has 4 aliphatic rings. The molecular formula is C29H41N5O4. The molecule has 0 spiro atoms. The molecule has 38 heavy (non-hydrogen) atoms. The number of carbonyl (C=O) groups is 4. The zero-order valence-corrected chi connectivity index (χ0v) is 22.7. The molecule has 3 heterocycles. The number of anilines is 1. The summed E-state index contributed by atoms with van der Waals surface area (Å²) >= 11 is 0. The number of piperazine rings is 1. The standard InChI is InChI=1S/C29H41N5O4/c1-19(2)17-23(31-27(36)20-7-9-22(10-8-20)32-15-12-30-13-16-32)29(38)33-14-11-24-26(33)25(35)18-34(24)28(37)21-5-3-4-6-21/h7-10,19,21,23-24,26,30H,3-6,11-18H2,1-2H3,(H,31,36). The molecule has 1 aliphatic carbocycles. The van der Waals surface area contributed by atoms with Gasteiger partial charge in [0.25, 0.3) is 5.91 Å². The van der Waals surface area contributed by atoms with Crippen molar-refractivity contribution in [3.8, 4) is 0 Å². The van der Waals surface area contributed by atoms with Crippen LogP contribution in [0.3, 0.4) is 0 Å². The molecule has 206 valence electrons. The lowest BCUT2D eigenvalue weighted by atomic mass is 10.0. The second-order valence-electron chi connectivity index (χ2n) is 11.7. The number of rotatable bonds is 7. The molecule has 0 aromatic heterocycles. The van der Waals surface area contributed by atoms with Gasteiger partial charge in [-0.05, 0) is 55.9 Å². The van der Waals surface area contributed by atoms with E-state index in [4.69, 9.17) is 0 Å². The third-order valence-electron chi connectivity index (χ3n) is 8.62. The molecule has 9 nitrogen and oxygen atoms in total. The van der Waals surface area contributed by atoms with Crippen LogP contribution in [0.4, 0.5) is 5.69 Å². The minimum absolute atomic E-state index is 0.0113. The highest BCUT2D eigenvalue weighted by Crippen LogP contribution is 2.35. The second kappa shape index (κ2) is 11.4. The summed E-state index contributed by atoms with van der Waals surface area (Å²) in [6.07, 6.45) is 5.00. The predicted octanol–water partition coefficient (Wildman–Crippen LogP) is 1.81. The maximum atomic E-state index is 13.8. The van der Waals surface area contributed by atoms with E-state index in [2.05, 4.69) is 15.5 Å². The van der Waals surface area contributed by atoms with Crippen LogP contribution in [0.15, 0.2) is 24.3 Å². The van der Waals surface area contributed by atoms with Crippen LogP contribution in [0, 0.1) is 11.8 Å². The van der Waals surface area contributed by atoms with E-state index in [1.54, 1.807) is 9.80 Å². The van der Waals surface area contributed by atoms with Gasteiger partial charge in [0.1, 0.15) is 12.1 Å². The van der Waals surface area contributed by atoms with Crippen LogP contribution in [0.25, 0.3) is 0 Å². The molecule has 5 rings (SSSR count). The van der Waals surface area contributed by atoms with E-state index in [-0.39, 0.29) is 47.9 Å². The maximum Gasteiger partial charge on any atom is 0.251 e. The zero-order chi connectivity index (χ0) is 26.8. The highest BCUT2D eigenvalue weighted by molar-refractivity contribution is 6.01. The first kappa shape index (κ1) is 26.7. The highest BCUT2D eigenvalue weighted by atomic mass is 16.2. The van der Waals surface area contributed by atoms with E-state index in [0.29, 0.717) is 24.9 Å². The van der Waals surface area contributed by atoms with Gasteiger partial charge in [-0.1, -0.05) is 26.7 Å². The van der Waals surface area contributed by atoms with Gasteiger partial charge >= 0.3 is 0 Å². The van der Waals surface area contributed by atoms with Crippen molar-refractivity contribution in [1.82, 2.24) is 20.4 Å². The topological polar surface area (TPSA) is 102 Å².